The van der Waals surface area contributed by atoms with E-state index >= 15 is 0 Å². The molecule has 0 radical (unpaired) electrons. The summed E-state index contributed by atoms with van der Waals surface area (Å²) in [6, 6.07) is -1.15. The van der Waals surface area contributed by atoms with Gasteiger partial charge < -0.3 is 58.8 Å². The van der Waals surface area contributed by atoms with E-state index in [4.69, 9.17) is 39.8 Å². The number of carbonyl (C=O) groups excluding carboxylic acids is 2. The smallest absolute Gasteiger partial charge is 0.324 e. The summed E-state index contributed by atoms with van der Waals surface area (Å²) in [7, 11) is 4.78. The molecule has 17 heteroatoms. The first-order valence-electron chi connectivity index (χ1n) is 13.4. The van der Waals surface area contributed by atoms with Crippen LogP contribution in [-0.4, -0.2) is 129 Å². The van der Waals surface area contributed by atoms with Crippen LogP contribution < -0.4 is 10.6 Å². The van der Waals surface area contributed by atoms with Gasteiger partial charge >= 0.3 is 6.72 Å². The van der Waals surface area contributed by atoms with Crippen molar-refractivity contribution in [3.63, 3.8) is 0 Å². The van der Waals surface area contributed by atoms with Crippen molar-refractivity contribution in [3.05, 3.63) is 0 Å². The van der Waals surface area contributed by atoms with E-state index in [2.05, 4.69) is 10.6 Å². The van der Waals surface area contributed by atoms with Gasteiger partial charge in [0.05, 0.1) is 13.2 Å². The van der Waals surface area contributed by atoms with Gasteiger partial charge in [-0.1, -0.05) is 0 Å². The maximum atomic E-state index is 12.3. The standard InChI is InChI=1S/C23H44BN2O12PS/c1-13(28)26-18-20(31)19(30)15(11-27)37-23(18)35-10-5-4-8-17(29)25-9-6-7-14-21(38-39(32,40)34-3)16(12-33-2)36-22(14)24/h14-16,18-23,27,30-31H,4-12,24H2,1-3H3,(H,25,29)(H,26,28)(H,32,40)/t14?,15-,16-,18-,19+,20-,21-,22-,23-,39?/m1/s1. The highest BCUT2D eigenvalue weighted by Crippen LogP contribution is 2.48. The van der Waals surface area contributed by atoms with Gasteiger partial charge in [0.15, 0.2) is 6.29 Å². The van der Waals surface area contributed by atoms with Crippen LogP contribution in [0.3, 0.4) is 0 Å². The van der Waals surface area contributed by atoms with Gasteiger partial charge in [0.1, 0.15) is 44.4 Å². The summed E-state index contributed by atoms with van der Waals surface area (Å²) in [5.74, 6) is -0.610. The van der Waals surface area contributed by atoms with E-state index in [9.17, 15) is 29.8 Å². The number of hydrogen-bond acceptors (Lipinski definition) is 12. The maximum absolute atomic E-state index is 12.3. The van der Waals surface area contributed by atoms with Crippen LogP contribution in [0.15, 0.2) is 0 Å². The zero-order valence-corrected chi connectivity index (χ0v) is 25.2. The Balaban J connectivity index is 1.71. The minimum Gasteiger partial charge on any atom is -0.394 e. The van der Waals surface area contributed by atoms with Crippen molar-refractivity contribution in [1.29, 1.82) is 0 Å². The normalized spacial score (nSPS) is 33.8. The Morgan fingerprint density at radius 3 is 2.45 bits per heavy atom. The van der Waals surface area contributed by atoms with Crippen LogP contribution in [0, 0.1) is 5.92 Å². The topological polar surface area (TPSA) is 194 Å². The Labute approximate surface area is 241 Å². The van der Waals surface area contributed by atoms with Crippen LogP contribution in [0.4, 0.5) is 0 Å². The Hall–Kier alpha value is -0.745. The van der Waals surface area contributed by atoms with Gasteiger partial charge in [-0.3, -0.25) is 9.59 Å². The number of aliphatic hydroxyl groups is 3. The number of rotatable bonds is 17. The molecule has 0 saturated carbocycles. The number of nitrogens with one attached hydrogen (secondary N) is 2. The van der Waals surface area contributed by atoms with E-state index in [0.717, 1.165) is 0 Å². The average molecular weight is 614 g/mol. The van der Waals surface area contributed by atoms with E-state index in [1.165, 1.54) is 14.0 Å². The van der Waals surface area contributed by atoms with Crippen molar-refractivity contribution < 1.29 is 57.8 Å². The number of aliphatic hydroxyl groups excluding tert-OH is 3. The first kappa shape index (κ1) is 35.5. The fraction of sp³-hybridized carbons (Fsp3) is 0.913. The Morgan fingerprint density at radius 2 is 1.82 bits per heavy atom. The van der Waals surface area contributed by atoms with E-state index < -0.39 is 56.0 Å². The van der Waals surface area contributed by atoms with Crippen molar-refractivity contribution in [2.24, 2.45) is 5.92 Å². The summed E-state index contributed by atoms with van der Waals surface area (Å²) in [5, 5.41) is 35.1. The van der Waals surface area contributed by atoms with Crippen LogP contribution in [-0.2, 0) is 49.4 Å². The minimum atomic E-state index is -3.39. The fourth-order valence-corrected chi connectivity index (χ4v) is 5.88. The van der Waals surface area contributed by atoms with Gasteiger partial charge in [0, 0.05) is 52.6 Å². The second-order valence-corrected chi connectivity index (χ2v) is 12.9. The van der Waals surface area contributed by atoms with Crippen LogP contribution in [0.5, 0.6) is 0 Å². The van der Waals surface area contributed by atoms with Crippen LogP contribution in [0.25, 0.3) is 0 Å². The predicted molar refractivity (Wildman–Crippen MR) is 148 cm³/mol. The zero-order valence-electron chi connectivity index (χ0n) is 23.5. The summed E-state index contributed by atoms with van der Waals surface area (Å²) in [4.78, 5) is 34.0. The summed E-state index contributed by atoms with van der Waals surface area (Å²) >= 11 is 5.02. The molecule has 10 atom stereocenters. The van der Waals surface area contributed by atoms with E-state index in [1.54, 1.807) is 7.11 Å². The molecule has 2 aliphatic rings. The second kappa shape index (κ2) is 17.4. The Bertz CT molecular complexity index is 848. The summed E-state index contributed by atoms with van der Waals surface area (Å²) in [6.07, 6.45) is -3.10. The van der Waals surface area contributed by atoms with Crippen molar-refractivity contribution in [3.8, 4) is 0 Å². The Morgan fingerprint density at radius 1 is 1.10 bits per heavy atom. The highest BCUT2D eigenvalue weighted by molar-refractivity contribution is 8.07. The monoisotopic (exact) mass is 614 g/mol. The molecular weight excluding hydrogens is 570 g/mol. The highest BCUT2D eigenvalue weighted by atomic mass is 32.5. The molecule has 2 unspecified atom stereocenters. The van der Waals surface area contributed by atoms with Crippen LogP contribution >= 0.6 is 6.72 Å². The lowest BCUT2D eigenvalue weighted by Gasteiger charge is -2.42. The third-order valence-corrected chi connectivity index (χ3v) is 8.64. The number of methoxy groups -OCH3 is 1. The quantitative estimate of drug-likeness (QED) is 0.0592. The molecule has 0 bridgehead atoms. The van der Waals surface area contributed by atoms with Crippen molar-refractivity contribution >= 4 is 38.2 Å². The lowest BCUT2D eigenvalue weighted by molar-refractivity contribution is -0.270. The lowest BCUT2D eigenvalue weighted by atomic mass is 9.82. The van der Waals surface area contributed by atoms with Crippen molar-refractivity contribution in [2.45, 2.75) is 87.9 Å². The molecule has 2 fully saturated rings. The van der Waals surface area contributed by atoms with Gasteiger partial charge in [0.25, 0.3) is 0 Å². The van der Waals surface area contributed by atoms with E-state index in [1.807, 2.05) is 7.85 Å². The Kier molecular flexibility index (Phi) is 15.4. The average Bonchev–Trinajstić information content (AvgIpc) is 3.18. The molecule has 0 spiro atoms. The van der Waals surface area contributed by atoms with Crippen molar-refractivity contribution in [1.82, 2.24) is 10.6 Å². The number of hydrogen-bond donors (Lipinski definition) is 6. The molecule has 6 N–H and O–H groups in total. The number of ether oxygens (including phenoxy) is 4. The second-order valence-electron chi connectivity index (χ2n) is 9.97. The number of amides is 2. The molecule has 2 aliphatic heterocycles. The van der Waals surface area contributed by atoms with E-state index in [0.29, 0.717) is 32.2 Å². The van der Waals surface area contributed by atoms with Gasteiger partial charge in [-0.2, -0.15) is 0 Å². The van der Waals surface area contributed by atoms with Gasteiger partial charge in [-0.05, 0) is 37.5 Å². The van der Waals surface area contributed by atoms with Crippen LogP contribution in [0.1, 0.15) is 39.0 Å². The van der Waals surface area contributed by atoms with Crippen LogP contribution in [0.2, 0.25) is 0 Å². The third kappa shape index (κ3) is 10.8. The third-order valence-electron chi connectivity index (χ3n) is 6.96. The molecule has 0 aromatic rings. The molecule has 2 saturated heterocycles. The molecule has 232 valence electrons. The molecule has 2 heterocycles. The SMILES string of the molecule is B[C@@H]1O[C@H](COC)[C@H](OP(O)(=S)OC)C1CCCNC(=O)CCCCO[C@@H]1O[C@H](CO)[C@H](O)[C@H](O)[C@H]1NC(C)=O. The molecule has 14 nitrogen and oxygen atoms in total. The first-order chi connectivity index (χ1) is 18.9. The first-order valence-corrected chi connectivity index (χ1v) is 16.0. The molecule has 0 aromatic heterocycles. The lowest BCUT2D eigenvalue weighted by Crippen LogP contribution is -2.64. The zero-order chi connectivity index (χ0) is 29.9. The summed E-state index contributed by atoms with van der Waals surface area (Å²) in [6.45, 7) is -1.73. The molecule has 0 aliphatic carbocycles. The fourth-order valence-electron chi connectivity index (χ4n) is 4.89. The predicted octanol–water partition coefficient (Wildman–Crippen LogP) is -2.12. The summed E-state index contributed by atoms with van der Waals surface area (Å²) in [5.41, 5.74) is 0. The molecule has 40 heavy (non-hydrogen) atoms. The molecule has 2 rings (SSSR count). The number of carbonyl (C=O) groups is 2. The van der Waals surface area contributed by atoms with Gasteiger partial charge in [-0.25, -0.2) is 0 Å². The maximum Gasteiger partial charge on any atom is 0.324 e. The largest absolute Gasteiger partial charge is 0.394 e. The van der Waals surface area contributed by atoms with E-state index in [-0.39, 0.29) is 43.6 Å². The molecule has 2 amide bonds. The summed E-state index contributed by atoms with van der Waals surface area (Å²) < 4.78 is 33.0. The number of unbranched alkanes of at least 4 members (excludes halogenated alkanes) is 1. The highest BCUT2D eigenvalue weighted by Gasteiger charge is 2.46. The van der Waals surface area contributed by atoms with Crippen molar-refractivity contribution in [2.75, 3.05) is 40.6 Å². The van der Waals surface area contributed by atoms with Gasteiger partial charge in [-0.15, -0.1) is 0 Å². The minimum absolute atomic E-state index is 0.0628. The molecule has 0 aromatic carbocycles. The molecular formula is C23H44BN2O12PS. The van der Waals surface area contributed by atoms with Gasteiger partial charge in [0.2, 0.25) is 11.8 Å².